The zero-order chi connectivity index (χ0) is 14.9. The number of carbonyl (C=O) groups is 1. The van der Waals surface area contributed by atoms with Gasteiger partial charge in [0.15, 0.2) is 0 Å². The first-order valence-corrected chi connectivity index (χ1v) is 5.34. The first-order chi connectivity index (χ1) is 9.29. The summed E-state index contributed by atoms with van der Waals surface area (Å²) in [5.41, 5.74) is -1.17. The van der Waals surface area contributed by atoms with Gasteiger partial charge >= 0.3 is 12.1 Å². The van der Waals surface area contributed by atoms with Crippen LogP contribution in [0.25, 0.3) is 11.1 Å². The average Bonchev–Trinajstić information content (AvgIpc) is 2.37. The predicted molar refractivity (Wildman–Crippen MR) is 61.6 cm³/mol. The van der Waals surface area contributed by atoms with Crippen molar-refractivity contribution in [1.82, 2.24) is 4.98 Å². The number of carboxylic acid groups (broad SMARTS) is 1. The number of nitrogens with zero attached hydrogens (tertiary/aromatic N) is 1. The Balaban J connectivity index is 2.47. The lowest BCUT2D eigenvalue weighted by atomic mass is 10.0. The second-order valence-corrected chi connectivity index (χ2v) is 3.96. The van der Waals surface area contributed by atoms with Crippen molar-refractivity contribution in [2.45, 2.75) is 6.18 Å². The number of rotatable bonds is 2. The van der Waals surface area contributed by atoms with E-state index in [0.717, 1.165) is 12.3 Å². The molecular weight excluding hydrogens is 278 g/mol. The molecule has 1 heterocycles. The van der Waals surface area contributed by atoms with Gasteiger partial charge in [0.2, 0.25) is 0 Å². The Hall–Kier alpha value is -2.44. The number of hydrogen-bond acceptors (Lipinski definition) is 2. The van der Waals surface area contributed by atoms with Crippen LogP contribution in [0, 0.1) is 5.82 Å². The molecule has 0 radical (unpaired) electrons. The van der Waals surface area contributed by atoms with Gasteiger partial charge in [0.1, 0.15) is 5.82 Å². The van der Waals surface area contributed by atoms with Gasteiger partial charge in [-0.2, -0.15) is 13.2 Å². The average molecular weight is 285 g/mol. The van der Waals surface area contributed by atoms with Crippen LogP contribution < -0.4 is 0 Å². The molecule has 0 fully saturated rings. The van der Waals surface area contributed by atoms with Gasteiger partial charge < -0.3 is 5.11 Å². The summed E-state index contributed by atoms with van der Waals surface area (Å²) in [5.74, 6) is -2.65. The number of aromatic carboxylic acids is 1. The number of alkyl halides is 3. The summed E-state index contributed by atoms with van der Waals surface area (Å²) in [6.07, 6.45) is -2.44. The zero-order valence-corrected chi connectivity index (χ0v) is 9.78. The summed E-state index contributed by atoms with van der Waals surface area (Å²) in [5, 5.41) is 8.80. The summed E-state index contributed by atoms with van der Waals surface area (Å²) >= 11 is 0. The van der Waals surface area contributed by atoms with Crippen LogP contribution in [0.1, 0.15) is 15.9 Å². The second-order valence-electron chi connectivity index (χ2n) is 3.96. The minimum Gasteiger partial charge on any atom is -0.478 e. The van der Waals surface area contributed by atoms with Crippen LogP contribution in [0.2, 0.25) is 0 Å². The molecule has 0 amide bonds. The molecule has 0 atom stereocenters. The monoisotopic (exact) mass is 285 g/mol. The third-order valence-electron chi connectivity index (χ3n) is 2.59. The molecule has 0 saturated carbocycles. The summed E-state index contributed by atoms with van der Waals surface area (Å²) < 4.78 is 50.7. The van der Waals surface area contributed by atoms with Crippen LogP contribution in [0.5, 0.6) is 0 Å². The minimum atomic E-state index is -4.77. The van der Waals surface area contributed by atoms with Gasteiger partial charge in [-0.05, 0) is 23.8 Å². The lowest BCUT2D eigenvalue weighted by Crippen LogP contribution is -2.07. The highest BCUT2D eigenvalue weighted by Crippen LogP contribution is 2.33. The molecule has 20 heavy (non-hydrogen) atoms. The van der Waals surface area contributed by atoms with E-state index in [9.17, 15) is 22.4 Å². The molecule has 0 spiro atoms. The Morgan fingerprint density at radius 3 is 2.35 bits per heavy atom. The third-order valence-corrected chi connectivity index (χ3v) is 2.59. The number of aromatic nitrogens is 1. The van der Waals surface area contributed by atoms with E-state index in [2.05, 4.69) is 4.98 Å². The summed E-state index contributed by atoms with van der Waals surface area (Å²) in [6.45, 7) is 0. The highest BCUT2D eigenvalue weighted by atomic mass is 19.4. The molecule has 1 aromatic carbocycles. The molecule has 0 aliphatic heterocycles. The van der Waals surface area contributed by atoms with E-state index >= 15 is 0 Å². The standard InChI is InChI=1S/C13H7F4NO2/c14-11-4-7(1-2-10(11)13(15,16)17)8-3-9(12(19)20)6-18-5-8/h1-6H,(H,19,20). The maximum Gasteiger partial charge on any atom is 0.419 e. The van der Waals surface area contributed by atoms with Crippen molar-refractivity contribution in [3.63, 3.8) is 0 Å². The summed E-state index contributed by atoms with van der Waals surface area (Å²) in [7, 11) is 0. The van der Waals surface area contributed by atoms with E-state index in [-0.39, 0.29) is 16.7 Å². The lowest BCUT2D eigenvalue weighted by Gasteiger charge is -2.09. The van der Waals surface area contributed by atoms with Crippen molar-refractivity contribution in [1.29, 1.82) is 0 Å². The molecule has 0 bridgehead atoms. The van der Waals surface area contributed by atoms with Crippen LogP contribution in [0.15, 0.2) is 36.7 Å². The van der Waals surface area contributed by atoms with E-state index in [0.29, 0.717) is 12.1 Å². The van der Waals surface area contributed by atoms with Crippen LogP contribution in [0.4, 0.5) is 17.6 Å². The second kappa shape index (κ2) is 4.92. The number of halogens is 4. The van der Waals surface area contributed by atoms with Crippen molar-refractivity contribution in [3.8, 4) is 11.1 Å². The molecule has 0 aliphatic carbocycles. The van der Waals surface area contributed by atoms with Crippen molar-refractivity contribution >= 4 is 5.97 Å². The third kappa shape index (κ3) is 2.76. The first kappa shape index (κ1) is 14.0. The Kier molecular flexibility index (Phi) is 3.44. The molecule has 2 rings (SSSR count). The lowest BCUT2D eigenvalue weighted by molar-refractivity contribution is -0.139. The largest absolute Gasteiger partial charge is 0.478 e. The van der Waals surface area contributed by atoms with Crippen LogP contribution in [0.3, 0.4) is 0 Å². The maximum atomic E-state index is 13.4. The molecule has 3 nitrogen and oxygen atoms in total. The molecular formula is C13H7F4NO2. The number of pyridine rings is 1. The molecule has 0 saturated heterocycles. The maximum absolute atomic E-state index is 13.4. The van der Waals surface area contributed by atoms with Crippen LogP contribution in [-0.4, -0.2) is 16.1 Å². The van der Waals surface area contributed by atoms with Crippen LogP contribution >= 0.6 is 0 Å². The number of hydrogen-bond donors (Lipinski definition) is 1. The Morgan fingerprint density at radius 2 is 1.80 bits per heavy atom. The molecule has 104 valence electrons. The quantitative estimate of drug-likeness (QED) is 0.858. The van der Waals surface area contributed by atoms with E-state index in [1.54, 1.807) is 0 Å². The first-order valence-electron chi connectivity index (χ1n) is 5.34. The number of benzene rings is 1. The van der Waals surface area contributed by atoms with Gasteiger partial charge in [0.25, 0.3) is 0 Å². The van der Waals surface area contributed by atoms with E-state index in [1.807, 2.05) is 0 Å². The Labute approximate surface area is 110 Å². The minimum absolute atomic E-state index is 0.117. The predicted octanol–water partition coefficient (Wildman–Crippen LogP) is 3.60. The van der Waals surface area contributed by atoms with Crippen molar-refractivity contribution in [2.75, 3.05) is 0 Å². The fourth-order valence-electron chi connectivity index (χ4n) is 1.64. The summed E-state index contributed by atoms with van der Waals surface area (Å²) in [4.78, 5) is 14.4. The van der Waals surface area contributed by atoms with Crippen molar-refractivity contribution in [2.24, 2.45) is 0 Å². The smallest absolute Gasteiger partial charge is 0.419 e. The normalized spacial score (nSPS) is 11.4. The molecule has 0 aliphatic rings. The fourth-order valence-corrected chi connectivity index (χ4v) is 1.64. The Bertz CT molecular complexity index is 668. The summed E-state index contributed by atoms with van der Waals surface area (Å²) in [6, 6.07) is 3.58. The highest BCUT2D eigenvalue weighted by Gasteiger charge is 2.33. The molecule has 1 N–H and O–H groups in total. The topological polar surface area (TPSA) is 50.2 Å². The van der Waals surface area contributed by atoms with Gasteiger partial charge in [-0.1, -0.05) is 6.07 Å². The Morgan fingerprint density at radius 1 is 1.10 bits per heavy atom. The van der Waals surface area contributed by atoms with Gasteiger partial charge in [-0.15, -0.1) is 0 Å². The highest BCUT2D eigenvalue weighted by molar-refractivity contribution is 5.88. The SMILES string of the molecule is O=C(O)c1cncc(-c2ccc(C(F)(F)F)c(F)c2)c1. The molecule has 0 unspecified atom stereocenters. The molecule has 1 aromatic heterocycles. The zero-order valence-electron chi connectivity index (χ0n) is 9.78. The van der Waals surface area contributed by atoms with Crippen molar-refractivity contribution in [3.05, 3.63) is 53.6 Å². The van der Waals surface area contributed by atoms with Gasteiger partial charge in [-0.25, -0.2) is 9.18 Å². The fraction of sp³-hybridized carbons (Fsp3) is 0.0769. The van der Waals surface area contributed by atoms with Crippen LogP contribution in [-0.2, 0) is 6.18 Å². The van der Waals surface area contributed by atoms with E-state index < -0.39 is 23.5 Å². The van der Waals surface area contributed by atoms with E-state index in [1.165, 1.54) is 12.3 Å². The van der Waals surface area contributed by atoms with Gasteiger partial charge in [0.05, 0.1) is 11.1 Å². The van der Waals surface area contributed by atoms with Gasteiger partial charge in [-0.3, -0.25) is 4.98 Å². The molecule has 7 heteroatoms. The van der Waals surface area contributed by atoms with E-state index in [4.69, 9.17) is 5.11 Å². The number of carboxylic acids is 1. The van der Waals surface area contributed by atoms with Gasteiger partial charge in [0, 0.05) is 18.0 Å². The van der Waals surface area contributed by atoms with Crippen molar-refractivity contribution < 1.29 is 27.5 Å². The molecule has 2 aromatic rings.